The van der Waals surface area contributed by atoms with Crippen molar-refractivity contribution in [1.82, 2.24) is 5.32 Å². The van der Waals surface area contributed by atoms with Crippen LogP contribution in [-0.4, -0.2) is 11.8 Å². The Bertz CT molecular complexity index is 947. The zero-order valence-corrected chi connectivity index (χ0v) is 14.1. The number of fused-ring (bicyclic) bond motifs is 1. The quantitative estimate of drug-likeness (QED) is 0.751. The Balaban J connectivity index is 1.53. The summed E-state index contributed by atoms with van der Waals surface area (Å²) >= 11 is 0. The Morgan fingerprint density at radius 1 is 0.923 bits per heavy atom. The van der Waals surface area contributed by atoms with Gasteiger partial charge in [0.05, 0.1) is 23.6 Å². The lowest BCUT2D eigenvalue weighted by Gasteiger charge is -2.16. The van der Waals surface area contributed by atoms with Gasteiger partial charge in [-0.2, -0.15) is 0 Å². The van der Waals surface area contributed by atoms with Crippen LogP contribution >= 0.6 is 0 Å². The number of nitrogens with one attached hydrogen (secondary N) is 2. The number of hydrogen-bond donors (Lipinski definition) is 2. The molecular formula is C21H18N2O3. The van der Waals surface area contributed by atoms with E-state index in [1.165, 1.54) is 11.8 Å². The van der Waals surface area contributed by atoms with Gasteiger partial charge in [0.1, 0.15) is 0 Å². The predicted octanol–water partition coefficient (Wildman–Crippen LogP) is 3.95. The molecule has 0 saturated heterocycles. The lowest BCUT2D eigenvalue weighted by atomic mass is 10.1. The molecule has 3 aromatic rings. The number of anilines is 1. The van der Waals surface area contributed by atoms with Crippen LogP contribution in [0.5, 0.6) is 0 Å². The van der Waals surface area contributed by atoms with Crippen molar-refractivity contribution in [2.24, 2.45) is 0 Å². The highest BCUT2D eigenvalue weighted by Gasteiger charge is 2.25. The molecule has 0 bridgehead atoms. The summed E-state index contributed by atoms with van der Waals surface area (Å²) in [6, 6.07) is 18.3. The second-order valence-corrected chi connectivity index (χ2v) is 6.24. The summed E-state index contributed by atoms with van der Waals surface area (Å²) in [6.07, 6.45) is 3.27. The molecule has 1 aromatic heterocycles. The standard InChI is InChI=1S/C21H18N2O3/c24-20(22-18-12-11-14-6-1-2-7-15(14)18)16-8-3-4-9-17(16)23-21(25)19-10-5-13-26-19/h1-10,13,18H,11-12H2,(H,22,24)(H,23,25)/t18-/m0/s1. The lowest BCUT2D eigenvalue weighted by Crippen LogP contribution is -2.28. The minimum Gasteiger partial charge on any atom is -0.459 e. The first-order valence-electron chi connectivity index (χ1n) is 8.55. The molecule has 4 rings (SSSR count). The van der Waals surface area contributed by atoms with Gasteiger partial charge in [-0.15, -0.1) is 0 Å². The minimum absolute atomic E-state index is 0.00692. The summed E-state index contributed by atoms with van der Waals surface area (Å²) in [4.78, 5) is 25.0. The van der Waals surface area contributed by atoms with Crippen molar-refractivity contribution in [2.45, 2.75) is 18.9 Å². The van der Waals surface area contributed by atoms with Gasteiger partial charge in [-0.25, -0.2) is 0 Å². The van der Waals surface area contributed by atoms with Crippen LogP contribution in [0.15, 0.2) is 71.3 Å². The third-order valence-electron chi connectivity index (χ3n) is 4.60. The second-order valence-electron chi connectivity index (χ2n) is 6.24. The summed E-state index contributed by atoms with van der Waals surface area (Å²) in [5, 5.41) is 5.83. The molecule has 0 fully saturated rings. The maximum absolute atomic E-state index is 12.8. The van der Waals surface area contributed by atoms with Gasteiger partial charge in [0.2, 0.25) is 0 Å². The molecule has 1 heterocycles. The topological polar surface area (TPSA) is 71.3 Å². The van der Waals surface area contributed by atoms with E-state index in [9.17, 15) is 9.59 Å². The van der Waals surface area contributed by atoms with E-state index in [2.05, 4.69) is 22.8 Å². The summed E-state index contributed by atoms with van der Waals surface area (Å²) in [7, 11) is 0. The Kier molecular flexibility index (Phi) is 4.27. The molecule has 1 atom stereocenters. The molecule has 26 heavy (non-hydrogen) atoms. The summed E-state index contributed by atoms with van der Waals surface area (Å²) in [5.74, 6) is -0.395. The third kappa shape index (κ3) is 3.11. The van der Waals surface area contributed by atoms with E-state index >= 15 is 0 Å². The molecule has 5 nitrogen and oxygen atoms in total. The molecule has 0 unspecified atom stereocenters. The third-order valence-corrected chi connectivity index (χ3v) is 4.60. The van der Waals surface area contributed by atoms with Gasteiger partial charge in [-0.05, 0) is 48.2 Å². The lowest BCUT2D eigenvalue weighted by molar-refractivity contribution is 0.0937. The normalized spacial score (nSPS) is 15.3. The smallest absolute Gasteiger partial charge is 0.291 e. The van der Waals surface area contributed by atoms with Crippen LogP contribution in [-0.2, 0) is 6.42 Å². The van der Waals surface area contributed by atoms with Crippen molar-refractivity contribution in [1.29, 1.82) is 0 Å². The fourth-order valence-corrected chi connectivity index (χ4v) is 3.32. The van der Waals surface area contributed by atoms with E-state index in [-0.39, 0.29) is 23.6 Å². The van der Waals surface area contributed by atoms with Gasteiger partial charge >= 0.3 is 0 Å². The average molecular weight is 346 g/mol. The van der Waals surface area contributed by atoms with E-state index in [0.717, 1.165) is 18.4 Å². The van der Waals surface area contributed by atoms with Crippen molar-refractivity contribution >= 4 is 17.5 Å². The van der Waals surface area contributed by atoms with Gasteiger partial charge in [0, 0.05) is 0 Å². The van der Waals surface area contributed by atoms with Crippen LogP contribution < -0.4 is 10.6 Å². The van der Waals surface area contributed by atoms with Crippen molar-refractivity contribution in [3.05, 3.63) is 89.4 Å². The van der Waals surface area contributed by atoms with Gasteiger partial charge in [-0.3, -0.25) is 9.59 Å². The maximum Gasteiger partial charge on any atom is 0.291 e. The number of carbonyl (C=O) groups is 2. The molecular weight excluding hydrogens is 328 g/mol. The zero-order valence-electron chi connectivity index (χ0n) is 14.1. The van der Waals surface area contributed by atoms with Crippen LogP contribution in [0.4, 0.5) is 5.69 Å². The van der Waals surface area contributed by atoms with Crippen molar-refractivity contribution in [3.8, 4) is 0 Å². The van der Waals surface area contributed by atoms with Gasteiger partial charge in [-0.1, -0.05) is 36.4 Å². The van der Waals surface area contributed by atoms with E-state index in [1.54, 1.807) is 36.4 Å². The number of rotatable bonds is 4. The van der Waals surface area contributed by atoms with Crippen LogP contribution in [0.2, 0.25) is 0 Å². The Labute approximate surface area is 151 Å². The molecule has 1 aliphatic carbocycles. The van der Waals surface area contributed by atoms with Crippen molar-refractivity contribution in [2.75, 3.05) is 5.32 Å². The first-order chi connectivity index (χ1) is 12.7. The molecule has 0 aliphatic heterocycles. The van der Waals surface area contributed by atoms with Crippen molar-refractivity contribution < 1.29 is 14.0 Å². The van der Waals surface area contributed by atoms with E-state index in [0.29, 0.717) is 11.3 Å². The summed E-state index contributed by atoms with van der Waals surface area (Å²) < 4.78 is 5.10. The van der Waals surface area contributed by atoms with Gasteiger partial charge in [0.25, 0.3) is 11.8 Å². The van der Waals surface area contributed by atoms with Crippen LogP contribution in [0, 0.1) is 0 Å². The predicted molar refractivity (Wildman–Crippen MR) is 98.1 cm³/mol. The SMILES string of the molecule is O=C(Nc1ccccc1C(=O)N[C@H]1CCc2ccccc21)c1ccco1. The number of furan rings is 1. The van der Waals surface area contributed by atoms with Crippen molar-refractivity contribution in [3.63, 3.8) is 0 Å². The fourth-order valence-electron chi connectivity index (χ4n) is 3.32. The minimum atomic E-state index is -0.388. The van der Waals surface area contributed by atoms with Crippen LogP contribution in [0.3, 0.4) is 0 Å². The Morgan fingerprint density at radius 2 is 1.73 bits per heavy atom. The Morgan fingerprint density at radius 3 is 2.58 bits per heavy atom. The largest absolute Gasteiger partial charge is 0.459 e. The molecule has 2 amide bonds. The fraction of sp³-hybridized carbons (Fsp3) is 0.143. The Hall–Kier alpha value is -3.34. The average Bonchev–Trinajstić information content (AvgIpc) is 3.33. The van der Waals surface area contributed by atoms with E-state index < -0.39 is 0 Å². The van der Waals surface area contributed by atoms with Crippen LogP contribution in [0.1, 0.15) is 44.5 Å². The molecule has 1 aliphatic rings. The zero-order chi connectivity index (χ0) is 17.9. The number of aryl methyl sites for hydroxylation is 1. The monoisotopic (exact) mass is 346 g/mol. The molecule has 2 aromatic carbocycles. The molecule has 0 spiro atoms. The first kappa shape index (κ1) is 16.1. The van der Waals surface area contributed by atoms with E-state index in [1.807, 2.05) is 12.1 Å². The molecule has 130 valence electrons. The number of amides is 2. The molecule has 0 radical (unpaired) electrons. The first-order valence-corrected chi connectivity index (χ1v) is 8.55. The highest BCUT2D eigenvalue weighted by molar-refractivity contribution is 6.07. The van der Waals surface area contributed by atoms with Gasteiger partial charge < -0.3 is 15.1 Å². The number of para-hydroxylation sites is 1. The summed E-state index contributed by atoms with van der Waals surface area (Å²) in [6.45, 7) is 0. The molecule has 2 N–H and O–H groups in total. The molecule has 5 heteroatoms. The highest BCUT2D eigenvalue weighted by atomic mass is 16.3. The summed E-state index contributed by atoms with van der Waals surface area (Å²) in [5.41, 5.74) is 3.32. The van der Waals surface area contributed by atoms with Gasteiger partial charge in [0.15, 0.2) is 5.76 Å². The van der Waals surface area contributed by atoms with Crippen LogP contribution in [0.25, 0.3) is 0 Å². The number of benzene rings is 2. The number of carbonyl (C=O) groups excluding carboxylic acids is 2. The second kappa shape index (κ2) is 6.88. The molecule has 0 saturated carbocycles. The highest BCUT2D eigenvalue weighted by Crippen LogP contribution is 2.31. The van der Waals surface area contributed by atoms with E-state index in [4.69, 9.17) is 4.42 Å². The number of hydrogen-bond acceptors (Lipinski definition) is 3. The maximum atomic E-state index is 12.8.